The minimum atomic E-state index is -1.17. The van der Waals surface area contributed by atoms with Gasteiger partial charge in [0.15, 0.2) is 5.78 Å². The third-order valence-electron chi connectivity index (χ3n) is 6.00. The maximum atomic E-state index is 14.8. The molecule has 0 aromatic rings. The monoisotopic (exact) mass is 439 g/mol. The number of nitrogens with zero attached hydrogens (tertiary/aromatic N) is 2. The van der Waals surface area contributed by atoms with Gasteiger partial charge in [0.1, 0.15) is 12.1 Å². The number of aliphatic carboxylic acids is 1. The molecule has 2 rings (SSSR count). The number of fused-ring (bicyclic) bond motifs is 1. The molecule has 2 N–H and O–H groups in total. The summed E-state index contributed by atoms with van der Waals surface area (Å²) in [6.07, 6.45) is -0.574. The van der Waals surface area contributed by atoms with Crippen LogP contribution in [0.5, 0.6) is 0 Å². The smallest absolute Gasteiger partial charge is 0.315 e. The van der Waals surface area contributed by atoms with Crippen molar-refractivity contribution in [3.05, 3.63) is 0 Å². The van der Waals surface area contributed by atoms with Crippen LogP contribution in [0.4, 0.5) is 4.39 Å². The molecule has 0 bridgehead atoms. The standard InChI is InChI=1S/C19H32Cl2FN3O3/c1-12(2)25-11-14(19(27)28)18(26)13-9-15(22)16(10-17(13)25)23-5-8-24(6-3-20)7-4-21/h12-17,23H,3-11H2,1-2H3,(H,27,28). The van der Waals surface area contributed by atoms with Crippen LogP contribution < -0.4 is 5.32 Å². The molecule has 2 aliphatic rings. The highest BCUT2D eigenvalue weighted by molar-refractivity contribution is 6.18. The summed E-state index contributed by atoms with van der Waals surface area (Å²) in [5, 5.41) is 12.7. The lowest BCUT2D eigenvalue weighted by Gasteiger charge is -2.49. The van der Waals surface area contributed by atoms with E-state index in [0.717, 1.165) is 19.6 Å². The fourth-order valence-electron chi connectivity index (χ4n) is 4.49. The summed E-state index contributed by atoms with van der Waals surface area (Å²) in [6.45, 7) is 7.00. The zero-order valence-corrected chi connectivity index (χ0v) is 18.1. The maximum absolute atomic E-state index is 14.8. The Morgan fingerprint density at radius 2 is 1.93 bits per heavy atom. The molecule has 0 aromatic heterocycles. The summed E-state index contributed by atoms with van der Waals surface area (Å²) < 4.78 is 14.8. The number of rotatable bonds is 10. The number of halogens is 3. The van der Waals surface area contributed by atoms with Gasteiger partial charge in [-0.1, -0.05) is 0 Å². The Hall–Kier alpha value is -0.470. The Balaban J connectivity index is 2.00. The second kappa shape index (κ2) is 11.1. The second-order valence-electron chi connectivity index (χ2n) is 8.03. The van der Waals surface area contributed by atoms with Gasteiger partial charge in [0.2, 0.25) is 0 Å². The van der Waals surface area contributed by atoms with E-state index in [-0.39, 0.29) is 36.9 Å². The number of nitrogens with one attached hydrogen (secondary N) is 1. The number of Topliss-reactive ketones (excluding diaryl/α,β-unsaturated/α-hetero) is 1. The number of carboxylic acid groups (broad SMARTS) is 1. The highest BCUT2D eigenvalue weighted by Gasteiger charge is 2.50. The largest absolute Gasteiger partial charge is 0.481 e. The van der Waals surface area contributed by atoms with Crippen molar-refractivity contribution in [2.75, 3.05) is 44.5 Å². The molecule has 1 aliphatic heterocycles. The van der Waals surface area contributed by atoms with Gasteiger partial charge in [-0.3, -0.25) is 19.4 Å². The molecule has 28 heavy (non-hydrogen) atoms. The molecule has 2 fully saturated rings. The van der Waals surface area contributed by atoms with Gasteiger partial charge in [-0.05, 0) is 26.7 Å². The zero-order valence-electron chi connectivity index (χ0n) is 16.6. The van der Waals surface area contributed by atoms with Crippen molar-refractivity contribution >= 4 is 35.0 Å². The SMILES string of the molecule is CC(C)N1CC(C(=O)O)C(=O)C2CC(F)C(NCCN(CCCl)CCCl)CC21. The van der Waals surface area contributed by atoms with Crippen molar-refractivity contribution < 1.29 is 19.1 Å². The van der Waals surface area contributed by atoms with Gasteiger partial charge < -0.3 is 10.4 Å². The predicted octanol–water partition coefficient (Wildman–Crippen LogP) is 1.83. The number of carboxylic acids is 1. The van der Waals surface area contributed by atoms with Gasteiger partial charge in [-0.2, -0.15) is 0 Å². The summed E-state index contributed by atoms with van der Waals surface area (Å²) in [6, 6.07) is -0.359. The van der Waals surface area contributed by atoms with E-state index in [9.17, 15) is 19.1 Å². The molecule has 6 nitrogen and oxygen atoms in total. The minimum absolute atomic E-state index is 0.0846. The Morgan fingerprint density at radius 1 is 1.29 bits per heavy atom. The molecule has 9 heteroatoms. The number of likely N-dealkylation sites (tertiary alicyclic amines) is 1. The third-order valence-corrected chi connectivity index (χ3v) is 6.34. The van der Waals surface area contributed by atoms with Crippen LogP contribution in [0.15, 0.2) is 0 Å². The van der Waals surface area contributed by atoms with Crippen LogP contribution in [-0.4, -0.2) is 95.4 Å². The molecule has 1 aliphatic carbocycles. The van der Waals surface area contributed by atoms with Crippen LogP contribution in [-0.2, 0) is 9.59 Å². The molecular weight excluding hydrogens is 408 g/mol. The summed E-state index contributed by atoms with van der Waals surface area (Å²) in [5.41, 5.74) is 0. The first-order valence-electron chi connectivity index (χ1n) is 10.0. The average molecular weight is 440 g/mol. The number of hydrogen-bond donors (Lipinski definition) is 2. The number of piperidine rings is 1. The fourth-order valence-corrected chi connectivity index (χ4v) is 4.97. The highest BCUT2D eigenvalue weighted by atomic mass is 35.5. The van der Waals surface area contributed by atoms with Crippen molar-refractivity contribution in [3.63, 3.8) is 0 Å². The van der Waals surface area contributed by atoms with E-state index in [2.05, 4.69) is 15.1 Å². The van der Waals surface area contributed by atoms with E-state index in [1.807, 2.05) is 13.8 Å². The molecule has 1 saturated heterocycles. The van der Waals surface area contributed by atoms with Gasteiger partial charge in [-0.25, -0.2) is 4.39 Å². The number of ketones is 1. The van der Waals surface area contributed by atoms with Crippen LogP contribution in [0.25, 0.3) is 0 Å². The van der Waals surface area contributed by atoms with Gasteiger partial charge in [0.25, 0.3) is 0 Å². The van der Waals surface area contributed by atoms with Crippen molar-refractivity contribution in [1.82, 2.24) is 15.1 Å². The summed E-state index contributed by atoms with van der Waals surface area (Å²) in [7, 11) is 0. The van der Waals surface area contributed by atoms with Crippen molar-refractivity contribution in [2.45, 2.75) is 51.0 Å². The van der Waals surface area contributed by atoms with E-state index in [4.69, 9.17) is 23.2 Å². The Kier molecular flexibility index (Phi) is 9.41. The molecular formula is C19H32Cl2FN3O3. The molecule has 162 valence electrons. The first kappa shape index (κ1) is 23.8. The lowest BCUT2D eigenvalue weighted by Crippen LogP contribution is -2.63. The van der Waals surface area contributed by atoms with Crippen molar-refractivity contribution in [3.8, 4) is 0 Å². The molecule has 0 aromatic carbocycles. The number of alkyl halides is 3. The van der Waals surface area contributed by atoms with Crippen molar-refractivity contribution in [2.24, 2.45) is 11.8 Å². The van der Waals surface area contributed by atoms with Gasteiger partial charge >= 0.3 is 5.97 Å². The molecule has 5 unspecified atom stereocenters. The molecule has 0 radical (unpaired) electrons. The fraction of sp³-hybridized carbons (Fsp3) is 0.895. The number of carbonyl (C=O) groups excluding carboxylic acids is 1. The third kappa shape index (κ3) is 5.79. The average Bonchev–Trinajstić information content (AvgIpc) is 2.62. The molecule has 0 amide bonds. The normalized spacial score (nSPS) is 31.4. The Morgan fingerprint density at radius 3 is 2.46 bits per heavy atom. The second-order valence-corrected chi connectivity index (χ2v) is 8.78. The van der Waals surface area contributed by atoms with Gasteiger partial charge in [0, 0.05) is 68.5 Å². The van der Waals surface area contributed by atoms with Crippen LogP contribution in [0.2, 0.25) is 0 Å². The van der Waals surface area contributed by atoms with Gasteiger partial charge in [0.05, 0.1) is 0 Å². The Bertz CT molecular complexity index is 535. The van der Waals surface area contributed by atoms with E-state index in [1.165, 1.54) is 0 Å². The summed E-state index contributed by atoms with van der Waals surface area (Å²) >= 11 is 11.6. The lowest BCUT2D eigenvalue weighted by atomic mass is 9.71. The topological polar surface area (TPSA) is 72.9 Å². The predicted molar refractivity (Wildman–Crippen MR) is 109 cm³/mol. The van der Waals surface area contributed by atoms with Gasteiger partial charge in [-0.15, -0.1) is 23.2 Å². The van der Waals surface area contributed by atoms with E-state index in [0.29, 0.717) is 24.7 Å². The van der Waals surface area contributed by atoms with Crippen LogP contribution in [0.1, 0.15) is 26.7 Å². The zero-order chi connectivity index (χ0) is 20.8. The first-order chi connectivity index (χ1) is 13.3. The molecule has 0 spiro atoms. The van der Waals surface area contributed by atoms with Crippen LogP contribution >= 0.6 is 23.2 Å². The quantitative estimate of drug-likeness (QED) is 0.399. The maximum Gasteiger partial charge on any atom is 0.315 e. The minimum Gasteiger partial charge on any atom is -0.481 e. The van der Waals surface area contributed by atoms with Crippen molar-refractivity contribution in [1.29, 1.82) is 0 Å². The van der Waals surface area contributed by atoms with E-state index >= 15 is 0 Å². The van der Waals surface area contributed by atoms with Crippen LogP contribution in [0, 0.1) is 11.8 Å². The molecule has 1 saturated carbocycles. The first-order valence-corrected chi connectivity index (χ1v) is 11.1. The Labute approximate surface area is 176 Å². The lowest BCUT2D eigenvalue weighted by molar-refractivity contribution is -0.156. The number of carbonyl (C=O) groups is 2. The highest BCUT2D eigenvalue weighted by Crippen LogP contribution is 2.38. The summed E-state index contributed by atoms with van der Waals surface area (Å²) in [5.74, 6) is -1.98. The molecule has 5 atom stereocenters. The van der Waals surface area contributed by atoms with E-state index < -0.39 is 24.0 Å². The molecule has 1 heterocycles. The van der Waals surface area contributed by atoms with E-state index in [1.54, 1.807) is 0 Å². The summed E-state index contributed by atoms with van der Waals surface area (Å²) in [4.78, 5) is 28.3. The number of hydrogen-bond acceptors (Lipinski definition) is 5. The van der Waals surface area contributed by atoms with Crippen LogP contribution in [0.3, 0.4) is 0 Å².